The van der Waals surface area contributed by atoms with Crippen molar-refractivity contribution in [2.24, 2.45) is 0 Å². The average molecular weight is 303 g/mol. The SMILES string of the molecule is CCc1nccn1CCC(=O)N1CCC(c2nc(C)no2)C1. The van der Waals surface area contributed by atoms with Crippen molar-refractivity contribution < 1.29 is 9.32 Å². The first-order valence-electron chi connectivity index (χ1n) is 7.75. The molecule has 0 spiro atoms. The van der Waals surface area contributed by atoms with Crippen LogP contribution in [0.25, 0.3) is 0 Å². The third kappa shape index (κ3) is 3.03. The van der Waals surface area contributed by atoms with Crippen LogP contribution in [0.1, 0.15) is 43.2 Å². The molecule has 2 aromatic rings. The maximum Gasteiger partial charge on any atom is 0.231 e. The lowest BCUT2D eigenvalue weighted by molar-refractivity contribution is -0.130. The average Bonchev–Trinajstić information content (AvgIpc) is 3.24. The van der Waals surface area contributed by atoms with Crippen molar-refractivity contribution in [1.82, 2.24) is 24.6 Å². The molecule has 0 radical (unpaired) electrons. The fraction of sp³-hybridized carbons (Fsp3) is 0.600. The largest absolute Gasteiger partial charge is 0.342 e. The van der Waals surface area contributed by atoms with Gasteiger partial charge in [-0.05, 0) is 13.3 Å². The van der Waals surface area contributed by atoms with Crippen molar-refractivity contribution in [2.45, 2.75) is 45.6 Å². The maximum absolute atomic E-state index is 12.3. The first-order valence-corrected chi connectivity index (χ1v) is 7.75. The van der Waals surface area contributed by atoms with Crippen LogP contribution in [-0.4, -0.2) is 43.6 Å². The van der Waals surface area contributed by atoms with E-state index in [-0.39, 0.29) is 11.8 Å². The molecular weight excluding hydrogens is 282 g/mol. The first-order chi connectivity index (χ1) is 10.7. The van der Waals surface area contributed by atoms with Crippen molar-refractivity contribution in [3.05, 3.63) is 29.9 Å². The molecule has 1 fully saturated rings. The van der Waals surface area contributed by atoms with Crippen molar-refractivity contribution >= 4 is 5.91 Å². The zero-order valence-corrected chi connectivity index (χ0v) is 13.0. The standard InChI is InChI=1S/C15H21N5O2/c1-3-13-16-6-9-19(13)8-5-14(21)20-7-4-12(10-20)15-17-11(2)18-22-15/h6,9,12H,3-5,7-8,10H2,1-2H3. The summed E-state index contributed by atoms with van der Waals surface area (Å²) in [4.78, 5) is 22.8. The summed E-state index contributed by atoms with van der Waals surface area (Å²) in [5, 5.41) is 3.82. The molecule has 0 saturated carbocycles. The van der Waals surface area contributed by atoms with Crippen molar-refractivity contribution in [3.63, 3.8) is 0 Å². The summed E-state index contributed by atoms with van der Waals surface area (Å²) in [5.74, 6) is 2.66. The Morgan fingerprint density at radius 2 is 2.36 bits per heavy atom. The summed E-state index contributed by atoms with van der Waals surface area (Å²) in [6.45, 7) is 5.99. The Bertz CT molecular complexity index is 648. The van der Waals surface area contributed by atoms with E-state index in [1.54, 1.807) is 13.1 Å². The van der Waals surface area contributed by atoms with Crippen LogP contribution >= 0.6 is 0 Å². The van der Waals surface area contributed by atoms with E-state index >= 15 is 0 Å². The van der Waals surface area contributed by atoms with E-state index in [9.17, 15) is 4.79 Å². The number of hydrogen-bond donors (Lipinski definition) is 0. The molecule has 0 aliphatic carbocycles. The van der Waals surface area contributed by atoms with Crippen molar-refractivity contribution in [3.8, 4) is 0 Å². The fourth-order valence-corrected chi connectivity index (χ4v) is 2.90. The number of carbonyl (C=O) groups excluding carboxylic acids is 1. The van der Waals surface area contributed by atoms with Gasteiger partial charge in [-0.2, -0.15) is 4.98 Å². The molecule has 22 heavy (non-hydrogen) atoms. The lowest BCUT2D eigenvalue weighted by Gasteiger charge is -2.16. The Labute approximate surface area is 129 Å². The van der Waals surface area contributed by atoms with Crippen LogP contribution in [0, 0.1) is 6.92 Å². The molecule has 1 atom stereocenters. The molecule has 3 heterocycles. The first kappa shape index (κ1) is 14.7. The number of likely N-dealkylation sites (tertiary alicyclic amines) is 1. The Hall–Kier alpha value is -2.18. The highest BCUT2D eigenvalue weighted by Gasteiger charge is 2.30. The third-order valence-corrected chi connectivity index (χ3v) is 4.12. The maximum atomic E-state index is 12.3. The zero-order chi connectivity index (χ0) is 15.5. The lowest BCUT2D eigenvalue weighted by Crippen LogP contribution is -2.29. The Morgan fingerprint density at radius 1 is 1.50 bits per heavy atom. The van der Waals surface area contributed by atoms with Gasteiger partial charge in [0.15, 0.2) is 5.82 Å². The van der Waals surface area contributed by atoms with E-state index in [1.807, 2.05) is 15.7 Å². The second kappa shape index (κ2) is 6.29. The summed E-state index contributed by atoms with van der Waals surface area (Å²) in [6, 6.07) is 0. The molecule has 2 aromatic heterocycles. The van der Waals surface area contributed by atoms with E-state index < -0.39 is 0 Å². The molecule has 1 amide bonds. The Balaban J connectivity index is 1.53. The minimum absolute atomic E-state index is 0.171. The van der Waals surface area contributed by atoms with E-state index in [4.69, 9.17) is 4.52 Å². The molecule has 1 saturated heterocycles. The van der Waals surface area contributed by atoms with Gasteiger partial charge < -0.3 is 14.0 Å². The van der Waals surface area contributed by atoms with Gasteiger partial charge in [0.1, 0.15) is 5.82 Å². The fourth-order valence-electron chi connectivity index (χ4n) is 2.90. The smallest absolute Gasteiger partial charge is 0.231 e. The predicted molar refractivity (Wildman–Crippen MR) is 79.2 cm³/mol. The molecule has 3 rings (SSSR count). The normalized spacial score (nSPS) is 18.1. The quantitative estimate of drug-likeness (QED) is 0.837. The van der Waals surface area contributed by atoms with Gasteiger partial charge in [0.05, 0.1) is 5.92 Å². The van der Waals surface area contributed by atoms with Gasteiger partial charge in [-0.15, -0.1) is 0 Å². The monoisotopic (exact) mass is 303 g/mol. The number of rotatable bonds is 5. The minimum atomic E-state index is 0.171. The van der Waals surface area contributed by atoms with Crippen LogP contribution in [-0.2, 0) is 17.8 Å². The van der Waals surface area contributed by atoms with E-state index in [0.29, 0.717) is 31.2 Å². The molecule has 1 unspecified atom stereocenters. The molecule has 118 valence electrons. The van der Waals surface area contributed by atoms with Gasteiger partial charge >= 0.3 is 0 Å². The number of hydrogen-bond acceptors (Lipinski definition) is 5. The highest BCUT2D eigenvalue weighted by molar-refractivity contribution is 5.76. The molecule has 1 aliphatic rings. The number of aromatic nitrogens is 4. The molecular formula is C15H21N5O2. The molecule has 1 aliphatic heterocycles. The number of nitrogens with zero attached hydrogens (tertiary/aromatic N) is 5. The number of carbonyl (C=O) groups is 1. The van der Waals surface area contributed by atoms with E-state index in [0.717, 1.165) is 25.2 Å². The molecule has 7 heteroatoms. The molecule has 0 N–H and O–H groups in total. The van der Waals surface area contributed by atoms with Gasteiger partial charge in [-0.1, -0.05) is 12.1 Å². The van der Waals surface area contributed by atoms with Crippen molar-refractivity contribution in [1.29, 1.82) is 0 Å². The summed E-state index contributed by atoms with van der Waals surface area (Å²) in [5.41, 5.74) is 0. The number of aryl methyl sites for hydroxylation is 3. The zero-order valence-electron chi connectivity index (χ0n) is 13.0. The summed E-state index contributed by atoms with van der Waals surface area (Å²) in [6.07, 6.45) is 5.98. The topological polar surface area (TPSA) is 77.1 Å². The van der Waals surface area contributed by atoms with Gasteiger partial charge in [0.2, 0.25) is 11.8 Å². The van der Waals surface area contributed by atoms with E-state index in [2.05, 4.69) is 22.0 Å². The summed E-state index contributed by atoms with van der Waals surface area (Å²) >= 11 is 0. The second-order valence-electron chi connectivity index (χ2n) is 5.65. The molecule has 7 nitrogen and oxygen atoms in total. The molecule has 0 aromatic carbocycles. The summed E-state index contributed by atoms with van der Waals surface area (Å²) in [7, 11) is 0. The lowest BCUT2D eigenvalue weighted by atomic mass is 10.1. The predicted octanol–water partition coefficient (Wildman–Crippen LogP) is 1.54. The van der Waals surface area contributed by atoms with Gasteiger partial charge in [0.25, 0.3) is 0 Å². The highest BCUT2D eigenvalue weighted by Crippen LogP contribution is 2.26. The number of imidazole rings is 1. The van der Waals surface area contributed by atoms with Crippen LogP contribution in [0.4, 0.5) is 0 Å². The second-order valence-corrected chi connectivity index (χ2v) is 5.65. The Morgan fingerprint density at radius 3 is 3.09 bits per heavy atom. The van der Waals surface area contributed by atoms with Crippen LogP contribution in [0.15, 0.2) is 16.9 Å². The van der Waals surface area contributed by atoms with Crippen LogP contribution in [0.2, 0.25) is 0 Å². The minimum Gasteiger partial charge on any atom is -0.342 e. The van der Waals surface area contributed by atoms with Crippen molar-refractivity contribution in [2.75, 3.05) is 13.1 Å². The third-order valence-electron chi connectivity index (χ3n) is 4.12. The number of amides is 1. The van der Waals surface area contributed by atoms with E-state index in [1.165, 1.54) is 0 Å². The van der Waals surface area contributed by atoms with Gasteiger partial charge in [-0.3, -0.25) is 4.79 Å². The van der Waals surface area contributed by atoms with Crippen LogP contribution in [0.3, 0.4) is 0 Å². The van der Waals surface area contributed by atoms with Crippen LogP contribution < -0.4 is 0 Å². The molecule has 0 bridgehead atoms. The highest BCUT2D eigenvalue weighted by atomic mass is 16.5. The summed E-state index contributed by atoms with van der Waals surface area (Å²) < 4.78 is 7.26. The van der Waals surface area contributed by atoms with Gasteiger partial charge in [0, 0.05) is 44.9 Å². The van der Waals surface area contributed by atoms with Crippen LogP contribution in [0.5, 0.6) is 0 Å². The Kier molecular flexibility index (Phi) is 4.22. The van der Waals surface area contributed by atoms with Gasteiger partial charge in [-0.25, -0.2) is 4.98 Å².